The molecule has 88 valence electrons. The minimum Gasteiger partial charge on any atom is -0.349 e. The highest BCUT2D eigenvalue weighted by molar-refractivity contribution is 5.81. The van der Waals surface area contributed by atoms with E-state index in [1.54, 1.807) is 6.20 Å². The monoisotopic (exact) mass is 222 g/mol. The molecule has 0 spiro atoms. The highest BCUT2D eigenvalue weighted by Gasteiger charge is 2.18. The van der Waals surface area contributed by atoms with Crippen LogP contribution in [0.4, 0.5) is 0 Å². The van der Waals surface area contributed by atoms with Gasteiger partial charge in [-0.05, 0) is 25.5 Å². The van der Waals surface area contributed by atoms with Crippen LogP contribution in [-0.2, 0) is 11.3 Å². The fourth-order valence-electron chi connectivity index (χ4n) is 1.94. The highest BCUT2D eigenvalue weighted by Crippen LogP contribution is 2.08. The van der Waals surface area contributed by atoms with Crippen LogP contribution in [0.1, 0.15) is 31.4 Å². The van der Waals surface area contributed by atoms with Crippen molar-refractivity contribution in [1.29, 1.82) is 0 Å². The Morgan fingerprint density at radius 1 is 1.50 bits per heavy atom. The summed E-state index contributed by atoms with van der Waals surface area (Å²) in [7, 11) is 0. The molecule has 1 fully saturated rings. The van der Waals surface area contributed by atoms with Crippen LogP contribution in [0.5, 0.6) is 0 Å². The fraction of sp³-hybridized carbons (Fsp3) is 0.636. The van der Waals surface area contributed by atoms with Crippen molar-refractivity contribution in [2.45, 2.75) is 38.3 Å². The predicted molar refractivity (Wildman–Crippen MR) is 60.7 cm³/mol. The summed E-state index contributed by atoms with van der Waals surface area (Å²) in [6.45, 7) is 1.47. The third-order valence-corrected chi connectivity index (χ3v) is 2.89. The molecule has 0 saturated carbocycles. The SMILES string of the molecule is O=C(NCc1ccn[nH]1)C1CCCCCN1. The van der Waals surface area contributed by atoms with Gasteiger partial charge in [-0.1, -0.05) is 12.8 Å². The van der Waals surface area contributed by atoms with E-state index in [4.69, 9.17) is 0 Å². The Morgan fingerprint density at radius 3 is 3.25 bits per heavy atom. The van der Waals surface area contributed by atoms with Crippen molar-refractivity contribution in [3.8, 4) is 0 Å². The number of rotatable bonds is 3. The lowest BCUT2D eigenvalue weighted by molar-refractivity contribution is -0.123. The molecule has 5 heteroatoms. The first-order valence-electron chi connectivity index (χ1n) is 5.85. The third-order valence-electron chi connectivity index (χ3n) is 2.89. The van der Waals surface area contributed by atoms with Gasteiger partial charge in [0.25, 0.3) is 0 Å². The van der Waals surface area contributed by atoms with Gasteiger partial charge in [0.05, 0.1) is 18.3 Å². The normalized spacial score (nSPS) is 21.4. The quantitative estimate of drug-likeness (QED) is 0.700. The van der Waals surface area contributed by atoms with Crippen LogP contribution in [0.2, 0.25) is 0 Å². The van der Waals surface area contributed by atoms with Crippen molar-refractivity contribution >= 4 is 5.91 Å². The summed E-state index contributed by atoms with van der Waals surface area (Å²) < 4.78 is 0. The van der Waals surface area contributed by atoms with Gasteiger partial charge >= 0.3 is 0 Å². The molecule has 1 aliphatic rings. The van der Waals surface area contributed by atoms with Crippen LogP contribution in [0.15, 0.2) is 12.3 Å². The number of H-pyrrole nitrogens is 1. The van der Waals surface area contributed by atoms with E-state index in [0.717, 1.165) is 25.1 Å². The van der Waals surface area contributed by atoms with E-state index in [9.17, 15) is 4.79 Å². The van der Waals surface area contributed by atoms with Gasteiger partial charge in [-0.2, -0.15) is 5.10 Å². The second kappa shape index (κ2) is 5.65. The first-order valence-corrected chi connectivity index (χ1v) is 5.85. The van der Waals surface area contributed by atoms with Crippen LogP contribution < -0.4 is 10.6 Å². The largest absolute Gasteiger partial charge is 0.349 e. The molecule has 0 aromatic carbocycles. The maximum Gasteiger partial charge on any atom is 0.237 e. The molecule has 1 saturated heterocycles. The topological polar surface area (TPSA) is 69.8 Å². The Kier molecular flexibility index (Phi) is 3.93. The number of nitrogens with zero attached hydrogens (tertiary/aromatic N) is 1. The van der Waals surface area contributed by atoms with Gasteiger partial charge in [-0.25, -0.2) is 0 Å². The molecule has 0 radical (unpaired) electrons. The Balaban J connectivity index is 1.78. The summed E-state index contributed by atoms with van der Waals surface area (Å²) in [4.78, 5) is 11.8. The van der Waals surface area contributed by atoms with Crippen molar-refractivity contribution < 1.29 is 4.79 Å². The van der Waals surface area contributed by atoms with Gasteiger partial charge in [0.2, 0.25) is 5.91 Å². The third kappa shape index (κ3) is 3.06. The van der Waals surface area contributed by atoms with Crippen molar-refractivity contribution in [2.24, 2.45) is 0 Å². The molecular weight excluding hydrogens is 204 g/mol. The molecular formula is C11H18N4O. The van der Waals surface area contributed by atoms with Crippen LogP contribution >= 0.6 is 0 Å². The van der Waals surface area contributed by atoms with E-state index in [1.165, 1.54) is 12.8 Å². The van der Waals surface area contributed by atoms with Crippen LogP contribution in [0.25, 0.3) is 0 Å². The predicted octanol–water partition coefficient (Wildman–Crippen LogP) is 0.558. The highest BCUT2D eigenvalue weighted by atomic mass is 16.2. The number of nitrogens with one attached hydrogen (secondary N) is 3. The molecule has 1 aliphatic heterocycles. The molecule has 1 aromatic heterocycles. The number of aromatic amines is 1. The van der Waals surface area contributed by atoms with E-state index >= 15 is 0 Å². The summed E-state index contributed by atoms with van der Waals surface area (Å²) in [6.07, 6.45) is 6.15. The maximum absolute atomic E-state index is 11.8. The average Bonchev–Trinajstić information content (AvgIpc) is 2.66. The van der Waals surface area contributed by atoms with E-state index in [0.29, 0.717) is 6.54 Å². The minimum absolute atomic E-state index is 0.0228. The molecule has 1 amide bonds. The molecule has 2 rings (SSSR count). The van der Waals surface area contributed by atoms with Gasteiger partial charge in [0.15, 0.2) is 0 Å². The number of hydrogen-bond acceptors (Lipinski definition) is 3. The maximum atomic E-state index is 11.8. The Morgan fingerprint density at radius 2 is 2.44 bits per heavy atom. The molecule has 3 N–H and O–H groups in total. The van der Waals surface area contributed by atoms with Crippen LogP contribution in [-0.4, -0.2) is 28.7 Å². The lowest BCUT2D eigenvalue weighted by Crippen LogP contribution is -2.43. The first-order chi connectivity index (χ1) is 7.86. The van der Waals surface area contributed by atoms with E-state index < -0.39 is 0 Å². The van der Waals surface area contributed by atoms with Gasteiger partial charge in [0.1, 0.15) is 0 Å². The number of hydrogen-bond donors (Lipinski definition) is 3. The average molecular weight is 222 g/mol. The second-order valence-corrected chi connectivity index (χ2v) is 4.16. The van der Waals surface area contributed by atoms with Gasteiger partial charge < -0.3 is 10.6 Å². The smallest absolute Gasteiger partial charge is 0.237 e. The molecule has 0 bridgehead atoms. The Bertz CT molecular complexity index is 315. The lowest BCUT2D eigenvalue weighted by Gasteiger charge is -2.14. The number of amides is 1. The molecule has 5 nitrogen and oxygen atoms in total. The Labute approximate surface area is 95.0 Å². The Hall–Kier alpha value is -1.36. The van der Waals surface area contributed by atoms with Crippen LogP contribution in [0, 0.1) is 0 Å². The van der Waals surface area contributed by atoms with Gasteiger partial charge in [0, 0.05) is 6.20 Å². The van der Waals surface area contributed by atoms with E-state index in [1.807, 2.05) is 6.07 Å². The fourth-order valence-corrected chi connectivity index (χ4v) is 1.94. The summed E-state index contributed by atoms with van der Waals surface area (Å²) in [5.74, 6) is 0.0940. The number of aromatic nitrogens is 2. The molecule has 1 atom stereocenters. The van der Waals surface area contributed by atoms with Crippen LogP contribution in [0.3, 0.4) is 0 Å². The molecule has 0 aliphatic carbocycles. The van der Waals surface area contributed by atoms with Gasteiger partial charge in [-0.15, -0.1) is 0 Å². The van der Waals surface area contributed by atoms with Crippen molar-refractivity contribution in [3.05, 3.63) is 18.0 Å². The molecule has 16 heavy (non-hydrogen) atoms. The second-order valence-electron chi connectivity index (χ2n) is 4.16. The van der Waals surface area contributed by atoms with Crippen molar-refractivity contribution in [3.63, 3.8) is 0 Å². The van der Waals surface area contributed by atoms with Crippen molar-refractivity contribution in [2.75, 3.05) is 6.54 Å². The summed E-state index contributed by atoms with van der Waals surface area (Å²) in [6, 6.07) is 1.84. The number of carbonyl (C=O) groups excluding carboxylic acids is 1. The van der Waals surface area contributed by atoms with E-state index in [2.05, 4.69) is 20.8 Å². The molecule has 1 unspecified atom stereocenters. The summed E-state index contributed by atoms with van der Waals surface area (Å²) in [5, 5.41) is 12.8. The minimum atomic E-state index is -0.0228. The summed E-state index contributed by atoms with van der Waals surface area (Å²) >= 11 is 0. The number of carbonyl (C=O) groups is 1. The van der Waals surface area contributed by atoms with Gasteiger partial charge in [-0.3, -0.25) is 9.89 Å². The summed E-state index contributed by atoms with van der Waals surface area (Å²) in [5.41, 5.74) is 0.932. The zero-order valence-electron chi connectivity index (χ0n) is 9.33. The zero-order chi connectivity index (χ0) is 11.2. The zero-order valence-corrected chi connectivity index (χ0v) is 9.33. The first kappa shape index (κ1) is 11.1. The molecule has 2 heterocycles. The standard InChI is InChI=1S/C11H18N4O/c16-11(10-4-2-1-3-6-12-10)13-8-9-5-7-14-15-9/h5,7,10,12H,1-4,6,8H2,(H,13,16)(H,14,15). The molecule has 1 aromatic rings. The van der Waals surface area contributed by atoms with E-state index in [-0.39, 0.29) is 11.9 Å². The lowest BCUT2D eigenvalue weighted by atomic mass is 10.1. The van der Waals surface area contributed by atoms with Crippen molar-refractivity contribution in [1.82, 2.24) is 20.8 Å².